The van der Waals surface area contributed by atoms with Gasteiger partial charge in [0.25, 0.3) is 0 Å². The van der Waals surface area contributed by atoms with Crippen molar-refractivity contribution in [2.24, 2.45) is 5.73 Å². The van der Waals surface area contributed by atoms with Crippen LogP contribution in [0.15, 0.2) is 48.5 Å². The van der Waals surface area contributed by atoms with Crippen LogP contribution in [-0.4, -0.2) is 17.4 Å². The number of carbonyl (C=O) groups excluding carboxylic acids is 1. The molecular weight excluding hydrogens is 238 g/mol. The molecule has 3 N–H and O–H groups in total. The van der Waals surface area contributed by atoms with Crippen molar-refractivity contribution in [2.75, 3.05) is 0 Å². The van der Waals surface area contributed by atoms with Crippen molar-refractivity contribution in [3.8, 4) is 5.75 Å². The van der Waals surface area contributed by atoms with E-state index in [0.717, 1.165) is 29.4 Å². The molecule has 2 aromatic rings. The molecule has 0 heterocycles. The van der Waals surface area contributed by atoms with Crippen LogP contribution >= 0.6 is 0 Å². The molecule has 1 atom stereocenters. The van der Waals surface area contributed by atoms with E-state index in [1.807, 2.05) is 36.4 Å². The van der Waals surface area contributed by atoms with Gasteiger partial charge < -0.3 is 15.6 Å². The van der Waals surface area contributed by atoms with E-state index in [0.29, 0.717) is 6.42 Å². The van der Waals surface area contributed by atoms with Gasteiger partial charge in [0, 0.05) is 0 Å². The molecule has 0 aliphatic carbocycles. The summed E-state index contributed by atoms with van der Waals surface area (Å²) in [7, 11) is 0. The highest BCUT2D eigenvalue weighted by Gasteiger charge is 2.09. The summed E-state index contributed by atoms with van der Waals surface area (Å²) in [5.41, 5.74) is 8.84. The van der Waals surface area contributed by atoms with Crippen LogP contribution in [0.2, 0.25) is 0 Å². The lowest BCUT2D eigenvalue weighted by atomic mass is 9.95. The molecule has 19 heavy (non-hydrogen) atoms. The van der Waals surface area contributed by atoms with Gasteiger partial charge in [0.1, 0.15) is 12.0 Å². The highest BCUT2D eigenvalue weighted by atomic mass is 16.3. The Morgan fingerprint density at radius 1 is 1.11 bits per heavy atom. The summed E-state index contributed by atoms with van der Waals surface area (Å²) >= 11 is 0. The third-order valence-corrected chi connectivity index (χ3v) is 3.06. The second-order valence-electron chi connectivity index (χ2n) is 4.62. The van der Waals surface area contributed by atoms with Crippen molar-refractivity contribution < 1.29 is 9.90 Å². The number of rotatable bonds is 5. The van der Waals surface area contributed by atoms with Crippen LogP contribution in [0.4, 0.5) is 0 Å². The first-order chi connectivity index (χ1) is 9.19. The highest BCUT2D eigenvalue weighted by Crippen LogP contribution is 2.21. The van der Waals surface area contributed by atoms with Crippen molar-refractivity contribution in [3.05, 3.63) is 65.2 Å². The molecule has 0 aliphatic rings. The van der Waals surface area contributed by atoms with Gasteiger partial charge >= 0.3 is 0 Å². The molecule has 3 heteroatoms. The molecule has 98 valence electrons. The van der Waals surface area contributed by atoms with Gasteiger partial charge in [0.2, 0.25) is 0 Å². The molecule has 2 rings (SSSR count). The van der Waals surface area contributed by atoms with Crippen molar-refractivity contribution in [2.45, 2.75) is 18.9 Å². The largest absolute Gasteiger partial charge is 0.508 e. The molecule has 0 aliphatic heterocycles. The quantitative estimate of drug-likeness (QED) is 0.804. The van der Waals surface area contributed by atoms with E-state index in [2.05, 4.69) is 0 Å². The predicted octanol–water partition coefficient (Wildman–Crippen LogP) is 2.05. The molecule has 0 fully saturated rings. The van der Waals surface area contributed by atoms with Crippen molar-refractivity contribution in [1.29, 1.82) is 0 Å². The molecule has 0 saturated carbocycles. The van der Waals surface area contributed by atoms with Gasteiger partial charge in [-0.05, 0) is 41.7 Å². The van der Waals surface area contributed by atoms with Crippen LogP contribution < -0.4 is 5.73 Å². The molecule has 0 amide bonds. The molecule has 0 bridgehead atoms. The molecule has 0 radical (unpaired) electrons. The Balaban J connectivity index is 2.27. The Labute approximate surface area is 112 Å². The Bertz CT molecular complexity index is 552. The minimum Gasteiger partial charge on any atom is -0.508 e. The Hall–Kier alpha value is -2.13. The van der Waals surface area contributed by atoms with Gasteiger partial charge in [-0.15, -0.1) is 0 Å². The maximum absolute atomic E-state index is 10.7. The SMILES string of the molecule is N[C@H](C=O)Cc1ccc(O)cc1Cc1ccccc1. The number of hydrogen-bond donors (Lipinski definition) is 2. The lowest BCUT2D eigenvalue weighted by Gasteiger charge is -2.12. The molecule has 3 nitrogen and oxygen atoms in total. The van der Waals surface area contributed by atoms with Gasteiger partial charge in [0.05, 0.1) is 6.04 Å². The minimum atomic E-state index is -0.501. The molecule has 0 spiro atoms. The number of hydrogen-bond acceptors (Lipinski definition) is 3. The smallest absolute Gasteiger partial charge is 0.137 e. The van der Waals surface area contributed by atoms with Crippen LogP contribution in [-0.2, 0) is 17.6 Å². The zero-order chi connectivity index (χ0) is 13.7. The van der Waals surface area contributed by atoms with Crippen LogP contribution in [0.3, 0.4) is 0 Å². The molecular formula is C16H17NO2. The Morgan fingerprint density at radius 3 is 2.53 bits per heavy atom. The highest BCUT2D eigenvalue weighted by molar-refractivity contribution is 5.58. The van der Waals surface area contributed by atoms with Gasteiger partial charge in [-0.2, -0.15) is 0 Å². The van der Waals surface area contributed by atoms with E-state index in [9.17, 15) is 9.90 Å². The number of aromatic hydroxyl groups is 1. The summed E-state index contributed by atoms with van der Waals surface area (Å²) < 4.78 is 0. The normalized spacial score (nSPS) is 12.1. The first kappa shape index (κ1) is 13.3. The zero-order valence-corrected chi connectivity index (χ0v) is 10.6. The first-order valence-electron chi connectivity index (χ1n) is 6.24. The van der Waals surface area contributed by atoms with Crippen molar-refractivity contribution in [3.63, 3.8) is 0 Å². The minimum absolute atomic E-state index is 0.231. The third-order valence-electron chi connectivity index (χ3n) is 3.06. The predicted molar refractivity (Wildman–Crippen MR) is 75.1 cm³/mol. The van der Waals surface area contributed by atoms with Gasteiger partial charge in [-0.25, -0.2) is 0 Å². The number of carbonyl (C=O) groups is 1. The Kier molecular flexibility index (Phi) is 4.31. The number of phenolic OH excluding ortho intramolecular Hbond substituents is 1. The van der Waals surface area contributed by atoms with Crippen LogP contribution in [0.1, 0.15) is 16.7 Å². The van der Waals surface area contributed by atoms with E-state index in [-0.39, 0.29) is 5.75 Å². The summed E-state index contributed by atoms with van der Waals surface area (Å²) in [6, 6.07) is 14.7. The van der Waals surface area contributed by atoms with E-state index in [4.69, 9.17) is 5.73 Å². The fourth-order valence-corrected chi connectivity index (χ4v) is 2.09. The summed E-state index contributed by atoms with van der Waals surface area (Å²) in [4.78, 5) is 10.7. The van der Waals surface area contributed by atoms with Gasteiger partial charge in [-0.1, -0.05) is 36.4 Å². The second-order valence-corrected chi connectivity index (χ2v) is 4.62. The zero-order valence-electron chi connectivity index (χ0n) is 10.6. The summed E-state index contributed by atoms with van der Waals surface area (Å²) in [5.74, 6) is 0.231. The fraction of sp³-hybridized carbons (Fsp3) is 0.188. The number of phenols is 1. The Morgan fingerprint density at radius 2 is 1.84 bits per heavy atom. The number of aldehydes is 1. The lowest BCUT2D eigenvalue weighted by Crippen LogP contribution is -2.24. The van der Waals surface area contributed by atoms with E-state index >= 15 is 0 Å². The van der Waals surface area contributed by atoms with E-state index in [1.54, 1.807) is 12.1 Å². The van der Waals surface area contributed by atoms with Gasteiger partial charge in [0.15, 0.2) is 0 Å². The fourth-order valence-electron chi connectivity index (χ4n) is 2.09. The maximum Gasteiger partial charge on any atom is 0.137 e. The number of nitrogens with two attached hydrogens (primary N) is 1. The van der Waals surface area contributed by atoms with E-state index in [1.165, 1.54) is 0 Å². The lowest BCUT2D eigenvalue weighted by molar-refractivity contribution is -0.108. The van der Waals surface area contributed by atoms with Crippen LogP contribution in [0.25, 0.3) is 0 Å². The summed E-state index contributed by atoms with van der Waals surface area (Å²) in [6.07, 6.45) is 1.96. The number of benzene rings is 2. The molecule has 0 unspecified atom stereocenters. The van der Waals surface area contributed by atoms with Crippen molar-refractivity contribution in [1.82, 2.24) is 0 Å². The summed E-state index contributed by atoms with van der Waals surface area (Å²) in [6.45, 7) is 0. The molecule has 2 aromatic carbocycles. The topological polar surface area (TPSA) is 63.3 Å². The molecule has 0 aromatic heterocycles. The average Bonchev–Trinajstić information content (AvgIpc) is 2.43. The maximum atomic E-state index is 10.7. The van der Waals surface area contributed by atoms with E-state index < -0.39 is 6.04 Å². The first-order valence-corrected chi connectivity index (χ1v) is 6.24. The molecule has 0 saturated heterocycles. The van der Waals surface area contributed by atoms with Crippen LogP contribution in [0.5, 0.6) is 5.75 Å². The third kappa shape index (κ3) is 3.66. The second kappa shape index (κ2) is 6.16. The average molecular weight is 255 g/mol. The van der Waals surface area contributed by atoms with Crippen molar-refractivity contribution >= 4 is 6.29 Å². The monoisotopic (exact) mass is 255 g/mol. The van der Waals surface area contributed by atoms with Gasteiger partial charge in [-0.3, -0.25) is 0 Å². The summed E-state index contributed by atoms with van der Waals surface area (Å²) in [5, 5.41) is 9.61. The van der Waals surface area contributed by atoms with Crippen LogP contribution in [0, 0.1) is 0 Å². The standard InChI is InChI=1S/C16H17NO2/c17-15(11-18)9-13-6-7-16(19)10-14(13)8-12-4-2-1-3-5-12/h1-7,10-11,15,19H,8-9,17H2/t15-/m0/s1.